The van der Waals surface area contributed by atoms with E-state index in [1.807, 2.05) is 39.8 Å². The van der Waals surface area contributed by atoms with Gasteiger partial charge >= 0.3 is 0 Å². The highest BCUT2D eigenvalue weighted by Gasteiger charge is 2.23. The summed E-state index contributed by atoms with van der Waals surface area (Å²) in [6.07, 6.45) is 0. The Morgan fingerprint density at radius 2 is 1.75 bits per heavy atom. The Kier molecular flexibility index (Phi) is 3.81. The molecule has 0 aliphatic rings. The van der Waals surface area contributed by atoms with Gasteiger partial charge in [-0.1, -0.05) is 23.8 Å². The third-order valence-corrected chi connectivity index (χ3v) is 3.46. The summed E-state index contributed by atoms with van der Waals surface area (Å²) in [5.74, 6) is 0.734. The van der Waals surface area contributed by atoms with Crippen LogP contribution in [0.3, 0.4) is 0 Å². The number of ether oxygens (including phenoxy) is 1. The van der Waals surface area contributed by atoms with Crippen LogP contribution in [0.4, 0.5) is 0 Å². The van der Waals surface area contributed by atoms with Gasteiger partial charge in [0.25, 0.3) is 0 Å². The maximum atomic E-state index is 6.08. The molecule has 0 amide bonds. The van der Waals surface area contributed by atoms with Crippen LogP contribution in [0.5, 0.6) is 5.75 Å². The molecule has 0 heterocycles. The molecule has 1 rings (SSSR count). The fourth-order valence-electron chi connectivity index (χ4n) is 1.31. The van der Waals surface area contributed by atoms with Crippen molar-refractivity contribution in [2.24, 2.45) is 5.73 Å². The van der Waals surface area contributed by atoms with Crippen LogP contribution < -0.4 is 10.5 Å². The monoisotopic (exact) mass is 257 g/mol. The van der Waals surface area contributed by atoms with Crippen LogP contribution >= 0.6 is 23.8 Å². The number of rotatable bonds is 3. The molecular weight excluding hydrogens is 242 g/mol. The Labute approximate surface area is 107 Å². The van der Waals surface area contributed by atoms with E-state index >= 15 is 0 Å². The zero-order valence-electron chi connectivity index (χ0n) is 9.93. The molecule has 0 fully saturated rings. The topological polar surface area (TPSA) is 35.2 Å². The number of benzene rings is 1. The second kappa shape index (κ2) is 4.60. The average Bonchev–Trinajstić information content (AvgIpc) is 2.13. The Bertz CT molecular complexity index is 406. The predicted molar refractivity (Wildman–Crippen MR) is 72.4 cm³/mol. The van der Waals surface area contributed by atoms with Gasteiger partial charge in [-0.05, 0) is 51.0 Å². The third-order valence-electron chi connectivity index (χ3n) is 2.38. The van der Waals surface area contributed by atoms with Crippen molar-refractivity contribution in [3.8, 4) is 5.75 Å². The molecular formula is C12H16ClNOS. The summed E-state index contributed by atoms with van der Waals surface area (Å²) >= 11 is 11.0. The van der Waals surface area contributed by atoms with Crippen molar-refractivity contribution in [1.82, 2.24) is 0 Å². The second-order valence-corrected chi connectivity index (χ2v) is 5.17. The van der Waals surface area contributed by atoms with Crippen LogP contribution in [0.25, 0.3) is 0 Å². The molecule has 2 N–H and O–H groups in total. The standard InChI is InChI=1S/C12H16ClNOS/c1-7-5-9(6-8(2)10(7)13)15-12(3,4)11(14)16/h5-6H,1-4H3,(H2,14,16). The van der Waals surface area contributed by atoms with Crippen LogP contribution in [-0.4, -0.2) is 10.6 Å². The fourth-order valence-corrected chi connectivity index (χ4v) is 1.46. The second-order valence-electron chi connectivity index (χ2n) is 4.35. The minimum absolute atomic E-state index is 0.331. The highest BCUT2D eigenvalue weighted by Crippen LogP contribution is 2.28. The highest BCUT2D eigenvalue weighted by molar-refractivity contribution is 7.80. The Morgan fingerprint density at radius 1 is 1.31 bits per heavy atom. The summed E-state index contributed by atoms with van der Waals surface area (Å²) in [5.41, 5.74) is 6.92. The van der Waals surface area contributed by atoms with E-state index in [9.17, 15) is 0 Å². The number of aryl methyl sites for hydroxylation is 2. The van der Waals surface area contributed by atoms with Crippen molar-refractivity contribution in [2.75, 3.05) is 0 Å². The molecule has 0 bridgehead atoms. The third kappa shape index (κ3) is 2.86. The SMILES string of the molecule is Cc1cc(OC(C)(C)C(N)=S)cc(C)c1Cl. The van der Waals surface area contributed by atoms with Gasteiger partial charge in [0, 0.05) is 5.02 Å². The van der Waals surface area contributed by atoms with Gasteiger partial charge in [0.1, 0.15) is 10.7 Å². The number of thiocarbonyl (C=S) groups is 1. The van der Waals surface area contributed by atoms with Crippen LogP contribution in [0.15, 0.2) is 12.1 Å². The van der Waals surface area contributed by atoms with Crippen molar-refractivity contribution < 1.29 is 4.74 Å². The molecule has 2 nitrogen and oxygen atoms in total. The van der Waals surface area contributed by atoms with E-state index in [2.05, 4.69) is 0 Å². The Hall–Kier alpha value is -0.800. The molecule has 16 heavy (non-hydrogen) atoms. The molecule has 0 aromatic heterocycles. The normalized spacial score (nSPS) is 11.3. The molecule has 0 unspecified atom stereocenters. The molecule has 0 aliphatic carbocycles. The van der Waals surface area contributed by atoms with E-state index in [0.29, 0.717) is 4.99 Å². The molecule has 0 saturated carbocycles. The largest absolute Gasteiger partial charge is 0.481 e. The predicted octanol–water partition coefficient (Wildman–Crippen LogP) is 3.40. The summed E-state index contributed by atoms with van der Waals surface area (Å²) < 4.78 is 5.76. The van der Waals surface area contributed by atoms with Crippen LogP contribution in [0.1, 0.15) is 25.0 Å². The van der Waals surface area contributed by atoms with Crippen molar-refractivity contribution in [2.45, 2.75) is 33.3 Å². The summed E-state index contributed by atoms with van der Waals surface area (Å²) in [7, 11) is 0. The van der Waals surface area contributed by atoms with Gasteiger partial charge < -0.3 is 10.5 Å². The van der Waals surface area contributed by atoms with Crippen molar-refractivity contribution in [3.05, 3.63) is 28.3 Å². The van der Waals surface area contributed by atoms with E-state index in [1.165, 1.54) is 0 Å². The van der Waals surface area contributed by atoms with Crippen molar-refractivity contribution in [3.63, 3.8) is 0 Å². The fraction of sp³-hybridized carbons (Fsp3) is 0.417. The quantitative estimate of drug-likeness (QED) is 0.843. The molecule has 0 spiro atoms. The zero-order valence-corrected chi connectivity index (χ0v) is 11.5. The zero-order chi connectivity index (χ0) is 12.5. The first-order chi connectivity index (χ1) is 7.24. The molecule has 1 aromatic carbocycles. The lowest BCUT2D eigenvalue weighted by Crippen LogP contribution is -2.42. The summed E-state index contributed by atoms with van der Waals surface area (Å²) in [4.78, 5) is 0.331. The van der Waals surface area contributed by atoms with E-state index in [0.717, 1.165) is 21.9 Å². The first kappa shape index (κ1) is 13.3. The Morgan fingerprint density at radius 3 is 2.12 bits per heavy atom. The number of hydrogen-bond acceptors (Lipinski definition) is 2. The van der Waals surface area contributed by atoms with E-state index < -0.39 is 5.60 Å². The van der Waals surface area contributed by atoms with E-state index in [-0.39, 0.29) is 0 Å². The number of halogens is 1. The first-order valence-electron chi connectivity index (χ1n) is 4.99. The van der Waals surface area contributed by atoms with Crippen molar-refractivity contribution in [1.29, 1.82) is 0 Å². The summed E-state index contributed by atoms with van der Waals surface area (Å²) in [5, 5.41) is 0.764. The highest BCUT2D eigenvalue weighted by atomic mass is 35.5. The maximum absolute atomic E-state index is 6.08. The average molecular weight is 258 g/mol. The van der Waals surface area contributed by atoms with Gasteiger partial charge in [-0.25, -0.2) is 0 Å². The van der Waals surface area contributed by atoms with E-state index in [1.54, 1.807) is 0 Å². The van der Waals surface area contributed by atoms with Crippen LogP contribution in [0, 0.1) is 13.8 Å². The van der Waals surface area contributed by atoms with Gasteiger partial charge in [0.2, 0.25) is 0 Å². The number of nitrogens with two attached hydrogens (primary N) is 1. The van der Waals surface area contributed by atoms with Gasteiger partial charge in [-0.2, -0.15) is 0 Å². The molecule has 88 valence electrons. The number of hydrogen-bond donors (Lipinski definition) is 1. The molecule has 4 heteroatoms. The molecule has 0 radical (unpaired) electrons. The molecule has 0 aliphatic heterocycles. The smallest absolute Gasteiger partial charge is 0.153 e. The van der Waals surface area contributed by atoms with Gasteiger partial charge in [-0.3, -0.25) is 0 Å². The molecule has 0 saturated heterocycles. The van der Waals surface area contributed by atoms with Gasteiger partial charge in [0.05, 0.1) is 0 Å². The summed E-state index contributed by atoms with van der Waals surface area (Å²) in [6.45, 7) is 7.56. The van der Waals surface area contributed by atoms with Crippen LogP contribution in [0.2, 0.25) is 5.02 Å². The molecule has 0 atom stereocenters. The van der Waals surface area contributed by atoms with E-state index in [4.69, 9.17) is 34.3 Å². The van der Waals surface area contributed by atoms with Gasteiger partial charge in [-0.15, -0.1) is 0 Å². The van der Waals surface area contributed by atoms with Crippen LogP contribution in [-0.2, 0) is 0 Å². The lowest BCUT2D eigenvalue weighted by molar-refractivity contribution is 0.183. The Balaban J connectivity index is 3.04. The van der Waals surface area contributed by atoms with Gasteiger partial charge in [0.15, 0.2) is 5.60 Å². The lowest BCUT2D eigenvalue weighted by Gasteiger charge is -2.25. The summed E-state index contributed by atoms with van der Waals surface area (Å²) in [6, 6.07) is 3.77. The van der Waals surface area contributed by atoms with Crippen molar-refractivity contribution >= 4 is 28.8 Å². The minimum atomic E-state index is -0.651. The minimum Gasteiger partial charge on any atom is -0.481 e. The molecule has 1 aromatic rings. The lowest BCUT2D eigenvalue weighted by atomic mass is 10.1. The first-order valence-corrected chi connectivity index (χ1v) is 5.78. The maximum Gasteiger partial charge on any atom is 0.153 e.